The molecule has 0 heterocycles. The van der Waals surface area contributed by atoms with E-state index in [2.05, 4.69) is 4.18 Å². The van der Waals surface area contributed by atoms with E-state index < -0.39 is 68.6 Å². The van der Waals surface area contributed by atoms with Crippen molar-refractivity contribution in [1.82, 2.24) is 0 Å². The minimum atomic E-state index is -8.91. The van der Waals surface area contributed by atoms with E-state index in [-0.39, 0.29) is 31.0 Å². The van der Waals surface area contributed by atoms with Crippen LogP contribution in [0.2, 0.25) is 0 Å². The maximum absolute atomic E-state index is 13.7. The predicted octanol–water partition coefficient (Wildman–Crippen LogP) is 3.04. The van der Waals surface area contributed by atoms with Crippen LogP contribution in [-0.4, -0.2) is 62.0 Å². The van der Waals surface area contributed by atoms with E-state index in [1.807, 2.05) is 0 Å². The molecular weight excluding hydrogens is 622 g/mol. The van der Waals surface area contributed by atoms with Crippen LogP contribution in [0.4, 0.5) is 74.6 Å². The number of rotatable bonds is 9. The standard InChI is InChI=1S/C15H5F17O4S.Na.H/c16-8(17,7(33)36-37(34,35)6-4-2-1-3-5-6)9(18,19)10(20,21)11(22,23)12(24,25)13(26,27)14(28,29)15(30,31)32;;/h1-5H;;/q;+1;-1. The molecule has 0 aliphatic rings. The van der Waals surface area contributed by atoms with E-state index in [1.165, 1.54) is 0 Å². The number of carbonyl (C=O) groups is 1. The fourth-order valence-electron chi connectivity index (χ4n) is 2.08. The molecule has 0 saturated heterocycles. The van der Waals surface area contributed by atoms with Crippen molar-refractivity contribution in [3.63, 3.8) is 0 Å². The fraction of sp³-hybridized carbons (Fsp3) is 0.533. The molecule has 0 amide bonds. The molecule has 0 atom stereocenters. The van der Waals surface area contributed by atoms with E-state index in [9.17, 15) is 87.8 Å². The number of carbonyl (C=O) groups excluding carboxylic acids is 1. The van der Waals surface area contributed by atoms with Gasteiger partial charge in [0.2, 0.25) is 0 Å². The summed E-state index contributed by atoms with van der Waals surface area (Å²) in [4.78, 5) is 9.85. The average Bonchev–Trinajstić information content (AvgIpc) is 2.72. The Morgan fingerprint density at radius 3 is 1.24 bits per heavy atom. The van der Waals surface area contributed by atoms with Gasteiger partial charge in [-0.2, -0.15) is 83.1 Å². The number of hydrogen-bond donors (Lipinski definition) is 0. The molecule has 4 nitrogen and oxygen atoms in total. The number of benzene rings is 1. The minimum absolute atomic E-state index is 0. The first kappa shape index (κ1) is 36.5. The topological polar surface area (TPSA) is 60.4 Å². The smallest absolute Gasteiger partial charge is 1.00 e. The van der Waals surface area contributed by atoms with Crippen LogP contribution in [0, 0.1) is 0 Å². The summed E-state index contributed by atoms with van der Waals surface area (Å²) in [5, 5.41) is 0. The third kappa shape index (κ3) is 5.16. The van der Waals surface area contributed by atoms with Crippen LogP contribution in [0.1, 0.15) is 1.43 Å². The molecule has 38 heavy (non-hydrogen) atoms. The second-order valence-corrected chi connectivity index (χ2v) is 8.20. The molecule has 0 aliphatic carbocycles. The molecule has 0 N–H and O–H groups in total. The summed E-state index contributed by atoms with van der Waals surface area (Å²) in [6.45, 7) is 0. The van der Waals surface area contributed by atoms with E-state index in [0.29, 0.717) is 12.1 Å². The van der Waals surface area contributed by atoms with Gasteiger partial charge in [-0.25, -0.2) is 4.79 Å². The van der Waals surface area contributed by atoms with Gasteiger partial charge in [-0.05, 0) is 12.1 Å². The molecule has 0 aliphatic heterocycles. The Kier molecular flexibility index (Phi) is 9.72. The zero-order valence-corrected chi connectivity index (χ0v) is 20.2. The Labute approximate surface area is 222 Å². The second-order valence-electron chi connectivity index (χ2n) is 6.66. The Bertz CT molecular complexity index is 1120. The molecule has 0 radical (unpaired) electrons. The first-order valence-corrected chi connectivity index (χ1v) is 9.64. The van der Waals surface area contributed by atoms with Crippen molar-refractivity contribution in [2.75, 3.05) is 0 Å². The molecule has 1 aromatic carbocycles. The van der Waals surface area contributed by atoms with Crippen LogP contribution >= 0.6 is 0 Å². The number of halogens is 17. The van der Waals surface area contributed by atoms with Gasteiger partial charge < -0.3 is 5.61 Å². The molecule has 0 unspecified atom stereocenters. The first-order valence-electron chi connectivity index (χ1n) is 8.24. The molecule has 23 heteroatoms. The largest absolute Gasteiger partial charge is 1.00 e. The van der Waals surface area contributed by atoms with Crippen LogP contribution in [0.15, 0.2) is 35.2 Å². The zero-order valence-electron chi connectivity index (χ0n) is 18.4. The van der Waals surface area contributed by atoms with Gasteiger partial charge in [-0.3, -0.25) is 0 Å². The van der Waals surface area contributed by atoms with Gasteiger partial charge in [0.05, 0.1) is 0 Å². The van der Waals surface area contributed by atoms with Gasteiger partial charge in [0.15, 0.2) is 0 Å². The van der Waals surface area contributed by atoms with Gasteiger partial charge in [0, 0.05) is 0 Å². The van der Waals surface area contributed by atoms with Gasteiger partial charge >= 0.3 is 93.3 Å². The van der Waals surface area contributed by atoms with E-state index in [0.717, 1.165) is 18.2 Å². The molecule has 0 aromatic heterocycles. The van der Waals surface area contributed by atoms with Crippen molar-refractivity contribution < 1.29 is 123 Å². The summed E-state index contributed by atoms with van der Waals surface area (Å²) in [5.41, 5.74) is 0. The maximum Gasteiger partial charge on any atom is 1.00 e. The Hall–Kier alpha value is -1.55. The van der Waals surface area contributed by atoms with Crippen LogP contribution in [0.5, 0.6) is 0 Å². The monoisotopic (exact) mass is 628 g/mol. The first-order chi connectivity index (χ1) is 16.0. The molecular formula is C15H6F17NaO4S. The van der Waals surface area contributed by atoms with Crippen LogP contribution < -0.4 is 29.6 Å². The van der Waals surface area contributed by atoms with Crippen LogP contribution in [0.25, 0.3) is 0 Å². The van der Waals surface area contributed by atoms with Crippen molar-refractivity contribution in [1.29, 1.82) is 0 Å². The van der Waals surface area contributed by atoms with Gasteiger partial charge in [-0.15, -0.1) is 0 Å². The van der Waals surface area contributed by atoms with Crippen molar-refractivity contribution in [2.45, 2.75) is 52.5 Å². The summed E-state index contributed by atoms with van der Waals surface area (Å²) in [7, 11) is -5.96. The molecule has 1 aromatic rings. The Morgan fingerprint density at radius 1 is 0.579 bits per heavy atom. The molecule has 0 spiro atoms. The SMILES string of the molecule is O=C(OS(=O)(=O)c1ccccc1)C(F)(F)C(F)(F)C(F)(F)C(F)(F)C(F)(F)C(F)(F)C(F)(F)C(F)(F)F.[H-].[Na+]. The minimum Gasteiger partial charge on any atom is -1.00 e. The van der Waals surface area contributed by atoms with Crippen LogP contribution in [0.3, 0.4) is 0 Å². The third-order valence-electron chi connectivity index (χ3n) is 4.20. The van der Waals surface area contributed by atoms with Crippen LogP contribution in [-0.2, 0) is 19.1 Å². The van der Waals surface area contributed by atoms with Crippen molar-refractivity contribution in [2.24, 2.45) is 0 Å². The van der Waals surface area contributed by atoms with Gasteiger partial charge in [0.25, 0.3) is 0 Å². The van der Waals surface area contributed by atoms with Gasteiger partial charge in [-0.1, -0.05) is 18.2 Å². The molecule has 0 saturated carbocycles. The number of alkyl halides is 17. The quantitative estimate of drug-likeness (QED) is 0.240. The summed E-state index contributed by atoms with van der Waals surface area (Å²) in [6, 6.07) is 3.34. The van der Waals surface area contributed by atoms with E-state index in [1.54, 1.807) is 0 Å². The summed E-state index contributed by atoms with van der Waals surface area (Å²) in [5.74, 6) is -64.1. The van der Waals surface area contributed by atoms with E-state index >= 15 is 0 Å². The molecule has 216 valence electrons. The molecule has 0 fully saturated rings. The summed E-state index contributed by atoms with van der Waals surface area (Å²) < 4.78 is 249. The Morgan fingerprint density at radius 2 is 0.895 bits per heavy atom. The van der Waals surface area contributed by atoms with Crippen molar-refractivity contribution in [3.8, 4) is 0 Å². The summed E-state index contributed by atoms with van der Waals surface area (Å²) in [6.07, 6.45) is -7.91. The second kappa shape index (κ2) is 10.1. The predicted molar refractivity (Wildman–Crippen MR) is 81.5 cm³/mol. The molecule has 1 rings (SSSR count). The van der Waals surface area contributed by atoms with E-state index in [4.69, 9.17) is 0 Å². The molecule has 0 bridgehead atoms. The van der Waals surface area contributed by atoms with Crippen molar-refractivity contribution >= 4 is 16.1 Å². The average molecular weight is 628 g/mol. The maximum atomic E-state index is 13.7. The fourth-order valence-corrected chi connectivity index (χ4v) is 2.97. The van der Waals surface area contributed by atoms with Gasteiger partial charge in [0.1, 0.15) is 4.90 Å². The zero-order chi connectivity index (χ0) is 29.9. The number of hydrogen-bond acceptors (Lipinski definition) is 4. The summed E-state index contributed by atoms with van der Waals surface area (Å²) >= 11 is 0. The Balaban J connectivity index is 0. The van der Waals surface area contributed by atoms with Crippen molar-refractivity contribution in [3.05, 3.63) is 30.3 Å². The third-order valence-corrected chi connectivity index (χ3v) is 5.42. The normalized spacial score (nSPS) is 15.1.